The van der Waals surface area contributed by atoms with Gasteiger partial charge in [-0.2, -0.15) is 0 Å². The molecule has 27 heavy (non-hydrogen) atoms. The fourth-order valence-electron chi connectivity index (χ4n) is 2.48. The summed E-state index contributed by atoms with van der Waals surface area (Å²) >= 11 is 0.695. The smallest absolute Gasteiger partial charge is 0.293 e. The maximum absolute atomic E-state index is 12.3. The van der Waals surface area contributed by atoms with E-state index in [1.54, 1.807) is 18.2 Å². The first kappa shape index (κ1) is 18.7. The molecule has 7 heteroatoms. The number of imide groups is 1. The SMILES string of the molecule is Cc1ccc(COc2ccccc2/C=C2/SC(=O)N(CC(=O)[O-])C2=O)cc1. The summed E-state index contributed by atoms with van der Waals surface area (Å²) in [7, 11) is 0. The summed E-state index contributed by atoms with van der Waals surface area (Å²) in [4.78, 5) is 35.6. The van der Waals surface area contributed by atoms with E-state index >= 15 is 0 Å². The van der Waals surface area contributed by atoms with Crippen molar-refractivity contribution in [3.8, 4) is 5.75 Å². The summed E-state index contributed by atoms with van der Waals surface area (Å²) in [5, 5.41) is 10.1. The molecule has 0 spiro atoms. The number of carbonyl (C=O) groups excluding carboxylic acids is 3. The topological polar surface area (TPSA) is 86.7 Å². The average molecular weight is 382 g/mol. The van der Waals surface area contributed by atoms with Gasteiger partial charge in [0.05, 0.1) is 17.4 Å². The van der Waals surface area contributed by atoms with Crippen molar-refractivity contribution in [1.29, 1.82) is 0 Å². The molecule has 2 aromatic rings. The molecule has 0 unspecified atom stereocenters. The van der Waals surface area contributed by atoms with Crippen LogP contribution in [0.25, 0.3) is 6.08 Å². The molecule has 6 nitrogen and oxygen atoms in total. The Kier molecular flexibility index (Phi) is 5.61. The average Bonchev–Trinajstić information content (AvgIpc) is 2.89. The summed E-state index contributed by atoms with van der Waals surface area (Å²) in [6.45, 7) is 1.61. The molecule has 0 saturated carbocycles. The lowest BCUT2D eigenvalue weighted by Gasteiger charge is -2.12. The second kappa shape index (κ2) is 8.09. The number of amides is 2. The van der Waals surface area contributed by atoms with Crippen LogP contribution in [0, 0.1) is 6.92 Å². The molecule has 0 atom stereocenters. The van der Waals surface area contributed by atoms with Crippen molar-refractivity contribution in [3.63, 3.8) is 0 Å². The highest BCUT2D eigenvalue weighted by atomic mass is 32.2. The van der Waals surface area contributed by atoms with E-state index in [0.29, 0.717) is 34.6 Å². The number of aliphatic carboxylic acids is 1. The van der Waals surface area contributed by atoms with Crippen LogP contribution in [0.15, 0.2) is 53.4 Å². The number of rotatable bonds is 6. The summed E-state index contributed by atoms with van der Waals surface area (Å²) in [5.41, 5.74) is 2.79. The first-order chi connectivity index (χ1) is 12.9. The third kappa shape index (κ3) is 4.57. The van der Waals surface area contributed by atoms with Crippen molar-refractivity contribution in [3.05, 3.63) is 70.1 Å². The molecule has 3 rings (SSSR count). The summed E-state index contributed by atoms with van der Waals surface area (Å²) in [5.74, 6) is -1.58. The van der Waals surface area contributed by atoms with Crippen LogP contribution in [0.2, 0.25) is 0 Å². The molecule has 0 bridgehead atoms. The predicted octanol–water partition coefficient (Wildman–Crippen LogP) is 2.36. The van der Waals surface area contributed by atoms with Gasteiger partial charge >= 0.3 is 0 Å². The Labute approximate surface area is 160 Å². The number of carbonyl (C=O) groups is 3. The lowest BCUT2D eigenvalue weighted by Crippen LogP contribution is -2.40. The van der Waals surface area contributed by atoms with Crippen LogP contribution in [0.1, 0.15) is 16.7 Å². The number of hydrogen-bond donors (Lipinski definition) is 0. The zero-order valence-electron chi connectivity index (χ0n) is 14.5. The zero-order chi connectivity index (χ0) is 19.4. The minimum atomic E-state index is -1.49. The largest absolute Gasteiger partial charge is 0.548 e. The van der Waals surface area contributed by atoms with Crippen molar-refractivity contribution in [2.24, 2.45) is 0 Å². The van der Waals surface area contributed by atoms with Gasteiger partial charge < -0.3 is 14.6 Å². The molecule has 0 aliphatic carbocycles. The van der Waals surface area contributed by atoms with E-state index in [0.717, 1.165) is 11.1 Å². The highest BCUT2D eigenvalue weighted by Gasteiger charge is 2.35. The Balaban J connectivity index is 1.78. The second-order valence-electron chi connectivity index (χ2n) is 5.95. The van der Waals surface area contributed by atoms with Gasteiger partial charge in [-0.05, 0) is 36.4 Å². The summed E-state index contributed by atoms with van der Waals surface area (Å²) < 4.78 is 5.86. The lowest BCUT2D eigenvalue weighted by molar-refractivity contribution is -0.305. The van der Waals surface area contributed by atoms with E-state index in [2.05, 4.69) is 0 Å². The molecule has 1 heterocycles. The zero-order valence-corrected chi connectivity index (χ0v) is 15.3. The Morgan fingerprint density at radius 3 is 2.56 bits per heavy atom. The number of ether oxygens (including phenoxy) is 1. The third-order valence-electron chi connectivity index (χ3n) is 3.88. The molecule has 1 saturated heterocycles. The highest BCUT2D eigenvalue weighted by molar-refractivity contribution is 8.18. The van der Waals surface area contributed by atoms with Gasteiger partial charge in [0.2, 0.25) is 0 Å². The van der Waals surface area contributed by atoms with Gasteiger partial charge in [-0.15, -0.1) is 0 Å². The van der Waals surface area contributed by atoms with Crippen LogP contribution < -0.4 is 9.84 Å². The molecule has 1 fully saturated rings. The maximum atomic E-state index is 12.3. The molecule has 2 aromatic carbocycles. The van der Waals surface area contributed by atoms with Gasteiger partial charge in [0.1, 0.15) is 12.4 Å². The molecule has 1 aliphatic heterocycles. The maximum Gasteiger partial charge on any atom is 0.293 e. The van der Waals surface area contributed by atoms with E-state index in [1.807, 2.05) is 37.3 Å². The van der Waals surface area contributed by atoms with Crippen LogP contribution in [0.5, 0.6) is 5.75 Å². The van der Waals surface area contributed by atoms with Crippen LogP contribution >= 0.6 is 11.8 Å². The minimum Gasteiger partial charge on any atom is -0.548 e. The number of benzene rings is 2. The Morgan fingerprint density at radius 1 is 1.15 bits per heavy atom. The summed E-state index contributed by atoms with van der Waals surface area (Å²) in [6.07, 6.45) is 1.53. The van der Waals surface area contributed by atoms with Crippen LogP contribution in [0.3, 0.4) is 0 Å². The van der Waals surface area contributed by atoms with Gasteiger partial charge in [-0.25, -0.2) is 0 Å². The van der Waals surface area contributed by atoms with Crippen molar-refractivity contribution in [2.45, 2.75) is 13.5 Å². The lowest BCUT2D eigenvalue weighted by atomic mass is 10.1. The van der Waals surface area contributed by atoms with Crippen LogP contribution in [0.4, 0.5) is 4.79 Å². The Hall–Kier alpha value is -3.06. The van der Waals surface area contributed by atoms with E-state index in [4.69, 9.17) is 4.74 Å². The molecule has 0 radical (unpaired) electrons. The number of carboxylic acids is 1. The van der Waals surface area contributed by atoms with Crippen LogP contribution in [-0.2, 0) is 16.2 Å². The molecule has 2 amide bonds. The van der Waals surface area contributed by atoms with Crippen molar-refractivity contribution in [1.82, 2.24) is 4.90 Å². The number of para-hydroxylation sites is 1. The van der Waals surface area contributed by atoms with E-state index < -0.39 is 23.7 Å². The highest BCUT2D eigenvalue weighted by Crippen LogP contribution is 2.33. The normalized spacial score (nSPS) is 15.4. The minimum absolute atomic E-state index is 0.146. The van der Waals surface area contributed by atoms with Crippen molar-refractivity contribution >= 4 is 35.0 Å². The van der Waals surface area contributed by atoms with Crippen molar-refractivity contribution < 1.29 is 24.2 Å². The van der Waals surface area contributed by atoms with Gasteiger partial charge in [-0.3, -0.25) is 14.5 Å². The number of carboxylic acid groups (broad SMARTS) is 1. The first-order valence-electron chi connectivity index (χ1n) is 8.16. The fourth-order valence-corrected chi connectivity index (χ4v) is 3.31. The van der Waals surface area contributed by atoms with E-state index in [-0.39, 0.29) is 4.91 Å². The monoisotopic (exact) mass is 382 g/mol. The second-order valence-corrected chi connectivity index (χ2v) is 6.95. The van der Waals surface area contributed by atoms with Crippen molar-refractivity contribution in [2.75, 3.05) is 6.54 Å². The third-order valence-corrected chi connectivity index (χ3v) is 4.79. The Morgan fingerprint density at radius 2 is 1.85 bits per heavy atom. The number of nitrogens with zero attached hydrogens (tertiary/aromatic N) is 1. The van der Waals surface area contributed by atoms with E-state index in [9.17, 15) is 19.5 Å². The molecular formula is C20H16NO5S-. The molecule has 0 aromatic heterocycles. The van der Waals surface area contributed by atoms with Crippen LogP contribution in [-0.4, -0.2) is 28.6 Å². The standard InChI is InChI=1S/C20H17NO5S/c1-13-6-8-14(9-7-13)12-26-16-5-3-2-4-15(16)10-17-19(24)21(11-18(22)23)20(25)27-17/h2-10H,11-12H2,1H3,(H,22,23)/p-1/b17-10+. The number of aryl methyl sites for hydroxylation is 1. The van der Waals surface area contributed by atoms with Gasteiger partial charge in [-0.1, -0.05) is 48.0 Å². The fraction of sp³-hybridized carbons (Fsp3) is 0.150. The molecular weight excluding hydrogens is 366 g/mol. The summed E-state index contributed by atoms with van der Waals surface area (Å²) in [6, 6.07) is 15.1. The first-order valence-corrected chi connectivity index (χ1v) is 8.98. The molecule has 1 aliphatic rings. The van der Waals surface area contributed by atoms with Gasteiger partial charge in [0.25, 0.3) is 11.1 Å². The van der Waals surface area contributed by atoms with Gasteiger partial charge in [0.15, 0.2) is 0 Å². The predicted molar refractivity (Wildman–Crippen MR) is 99.6 cm³/mol. The Bertz CT molecular complexity index is 920. The number of hydrogen-bond acceptors (Lipinski definition) is 6. The van der Waals surface area contributed by atoms with Gasteiger partial charge in [0, 0.05) is 5.56 Å². The molecule has 138 valence electrons. The van der Waals surface area contributed by atoms with E-state index in [1.165, 1.54) is 6.08 Å². The quantitative estimate of drug-likeness (QED) is 0.713. The molecule has 0 N–H and O–H groups in total. The number of thioether (sulfide) groups is 1.